The Hall–Kier alpha value is -8.63. The van der Waals surface area contributed by atoms with Crippen LogP contribution in [0.25, 0.3) is 10.8 Å². The van der Waals surface area contributed by atoms with Gasteiger partial charge in [-0.05, 0) is 124 Å². The second-order valence-electron chi connectivity index (χ2n) is 16.4. The minimum atomic E-state index is -0.0803. The van der Waals surface area contributed by atoms with Gasteiger partial charge in [-0.1, -0.05) is 47.5 Å². The Kier molecular flexibility index (Phi) is 27.2. The molecule has 0 fully saturated rings. The molecule has 2 aromatic heterocycles. The van der Waals surface area contributed by atoms with Gasteiger partial charge in [-0.2, -0.15) is 0 Å². The van der Waals surface area contributed by atoms with Crippen molar-refractivity contribution in [2.24, 2.45) is 0 Å². The first-order chi connectivity index (χ1) is 36.1. The van der Waals surface area contributed by atoms with Crippen LogP contribution in [0, 0.1) is 6.92 Å². The third kappa shape index (κ3) is 19.7. The number of halogens is 1. The standard InChI is InChI=1S/C13H13NO.C10H13NO2.C10H13NO.C9H10ClNO.C9H12N2O2.C8H10N2O/c1-9(15)12-7-10-5-3-4-6-11(10)8-13(12)14-2;1-7(12)9-6-8(13-3)4-5-10(9)11-2;1-7-4-5-10(11-3)9(6-7)8(2)12;1-6(12)8-5-7(10)3-4-9(8)11-2;1-6(12)9-7(10-2)4-5-8(11-9)13-3;1-6(11)8-7(9-2)4-3-5-10-8/h3-8,14H,1-2H3;4-6,11H,1-3H3;4-6,11H,1-3H3;3-5,11H,1-2H3;4-5,10H,1-3H3;3-5,9H,1-2H3. The summed E-state index contributed by atoms with van der Waals surface area (Å²) in [6.07, 6.45) is 1.61. The van der Waals surface area contributed by atoms with Gasteiger partial charge in [0.15, 0.2) is 34.7 Å². The minimum Gasteiger partial charge on any atom is -0.497 e. The molecule has 0 saturated carbocycles. The number of nitrogens with zero attached hydrogens (tertiary/aromatic N) is 2. The van der Waals surface area contributed by atoms with Crippen LogP contribution in [0.4, 0.5) is 34.1 Å². The number of rotatable bonds is 14. The first-order valence-electron chi connectivity index (χ1n) is 23.9. The highest BCUT2D eigenvalue weighted by atomic mass is 35.5. The Balaban J connectivity index is 0.000000313. The minimum absolute atomic E-state index is 0.0156. The van der Waals surface area contributed by atoms with E-state index < -0.39 is 0 Å². The summed E-state index contributed by atoms with van der Waals surface area (Å²) in [5, 5.41) is 20.5. The van der Waals surface area contributed by atoms with Crippen LogP contribution in [0.15, 0.2) is 121 Å². The van der Waals surface area contributed by atoms with Crippen molar-refractivity contribution in [1.29, 1.82) is 0 Å². The predicted octanol–water partition coefficient (Wildman–Crippen LogP) is 12.5. The van der Waals surface area contributed by atoms with Gasteiger partial charge in [-0.3, -0.25) is 33.8 Å². The summed E-state index contributed by atoms with van der Waals surface area (Å²) in [7, 11) is 13.8. The second-order valence-corrected chi connectivity index (χ2v) is 16.8. The fourth-order valence-electron chi connectivity index (χ4n) is 7.00. The van der Waals surface area contributed by atoms with Crippen LogP contribution in [0.3, 0.4) is 0 Å². The molecule has 0 aliphatic rings. The molecule has 0 bridgehead atoms. The fraction of sp³-hybridized carbons (Fsp3) is 0.254. The average Bonchev–Trinajstić information content (AvgIpc) is 3.42. The lowest BCUT2D eigenvalue weighted by Gasteiger charge is -2.08. The van der Waals surface area contributed by atoms with Crippen molar-refractivity contribution in [2.45, 2.75) is 48.5 Å². The van der Waals surface area contributed by atoms with Crippen LogP contribution >= 0.6 is 11.6 Å². The van der Waals surface area contributed by atoms with Crippen LogP contribution in [-0.2, 0) is 0 Å². The number of hydrogen-bond donors (Lipinski definition) is 6. The molecule has 16 nitrogen and oxygen atoms in total. The van der Waals surface area contributed by atoms with Crippen molar-refractivity contribution in [3.05, 3.63) is 166 Å². The number of hydrogen-bond acceptors (Lipinski definition) is 16. The van der Waals surface area contributed by atoms with E-state index in [0.717, 1.165) is 55.9 Å². The lowest BCUT2D eigenvalue weighted by atomic mass is 10.0. The van der Waals surface area contributed by atoms with Crippen LogP contribution in [0.5, 0.6) is 11.6 Å². The van der Waals surface area contributed by atoms with Crippen molar-refractivity contribution < 1.29 is 38.2 Å². The van der Waals surface area contributed by atoms with Gasteiger partial charge >= 0.3 is 0 Å². The third-order valence-electron chi connectivity index (χ3n) is 11.0. The number of ketones is 6. The largest absolute Gasteiger partial charge is 0.497 e. The molecule has 0 saturated heterocycles. The van der Waals surface area contributed by atoms with E-state index in [1.165, 1.54) is 34.8 Å². The van der Waals surface area contributed by atoms with E-state index in [9.17, 15) is 28.8 Å². The molecule has 0 aliphatic heterocycles. The number of fused-ring (bicyclic) bond motifs is 1. The molecule has 2 heterocycles. The normalized spacial score (nSPS) is 9.63. The number of ether oxygens (including phenoxy) is 2. The molecule has 7 aromatic rings. The maximum atomic E-state index is 11.4. The van der Waals surface area contributed by atoms with Gasteiger partial charge in [-0.25, -0.2) is 4.98 Å². The average molecular weight is 1060 g/mol. The summed E-state index contributed by atoms with van der Waals surface area (Å²) in [6, 6.07) is 35.4. The van der Waals surface area contributed by atoms with E-state index in [0.29, 0.717) is 44.9 Å². The van der Waals surface area contributed by atoms with E-state index in [4.69, 9.17) is 21.1 Å². The monoisotopic (exact) mass is 1050 g/mol. The van der Waals surface area contributed by atoms with E-state index in [-0.39, 0.29) is 34.7 Å². The number of pyridine rings is 2. The van der Waals surface area contributed by atoms with E-state index in [2.05, 4.69) is 41.9 Å². The summed E-state index contributed by atoms with van der Waals surface area (Å²) in [5.41, 5.74) is 9.72. The van der Waals surface area contributed by atoms with Crippen molar-refractivity contribution in [1.82, 2.24) is 9.97 Å². The van der Waals surface area contributed by atoms with E-state index in [1.54, 1.807) is 97.8 Å². The number of anilines is 6. The molecule has 0 radical (unpaired) electrons. The number of Topliss-reactive ketones (excluding diaryl/α,β-unsaturated/α-hetero) is 6. The topological polar surface area (TPSA) is 219 Å². The Morgan fingerprint density at radius 3 is 1.32 bits per heavy atom. The van der Waals surface area contributed by atoms with Gasteiger partial charge in [0, 0.05) is 118 Å². The van der Waals surface area contributed by atoms with Crippen molar-refractivity contribution in [3.8, 4) is 11.6 Å². The maximum Gasteiger partial charge on any atom is 0.213 e. The number of aryl methyl sites for hydroxylation is 1. The molecule has 7 rings (SSSR count). The molecule has 6 N–H and O–H groups in total. The van der Waals surface area contributed by atoms with Gasteiger partial charge in [-0.15, -0.1) is 0 Å². The first-order valence-corrected chi connectivity index (χ1v) is 24.3. The summed E-state index contributed by atoms with van der Waals surface area (Å²) in [4.78, 5) is 74.9. The van der Waals surface area contributed by atoms with Gasteiger partial charge in [0.1, 0.15) is 17.1 Å². The van der Waals surface area contributed by atoms with Crippen LogP contribution in [-0.4, -0.2) is 101 Å². The van der Waals surface area contributed by atoms with Gasteiger partial charge in [0.2, 0.25) is 5.88 Å². The SMILES string of the molecule is CNc1cc2ccccc2cc1C(C)=O.CNc1ccc(C)cc1C(C)=O.CNc1ccc(Cl)cc1C(C)=O.CNc1ccc(OC)cc1C(C)=O.CNc1ccc(OC)nc1C(C)=O.CNc1cccnc1C(C)=O. The van der Waals surface area contributed by atoms with E-state index >= 15 is 0 Å². The molecular formula is C59H71ClN8O8. The van der Waals surface area contributed by atoms with Gasteiger partial charge < -0.3 is 41.4 Å². The van der Waals surface area contributed by atoms with Crippen molar-refractivity contribution in [2.75, 3.05) is 88.4 Å². The zero-order chi connectivity index (χ0) is 57.1. The molecule has 0 aliphatic carbocycles. The molecular weight excluding hydrogens is 984 g/mol. The quantitative estimate of drug-likeness (QED) is 0.0558. The fourth-order valence-corrected chi connectivity index (χ4v) is 7.18. The summed E-state index contributed by atoms with van der Waals surface area (Å²) in [6.45, 7) is 11.2. The smallest absolute Gasteiger partial charge is 0.213 e. The number of carbonyl (C=O) groups excluding carboxylic acids is 6. The number of aromatic nitrogens is 2. The maximum absolute atomic E-state index is 11.4. The molecule has 402 valence electrons. The van der Waals surface area contributed by atoms with Crippen LogP contribution in [0.2, 0.25) is 5.02 Å². The number of nitrogens with one attached hydrogen (secondary N) is 6. The highest BCUT2D eigenvalue weighted by molar-refractivity contribution is 6.31. The van der Waals surface area contributed by atoms with Crippen molar-refractivity contribution in [3.63, 3.8) is 0 Å². The molecule has 0 unspecified atom stereocenters. The lowest BCUT2D eigenvalue weighted by Crippen LogP contribution is -2.04. The van der Waals surface area contributed by atoms with Gasteiger partial charge in [0.25, 0.3) is 0 Å². The molecule has 0 atom stereocenters. The molecule has 5 aromatic carbocycles. The Morgan fingerprint density at radius 2 is 0.855 bits per heavy atom. The predicted molar refractivity (Wildman–Crippen MR) is 312 cm³/mol. The number of benzene rings is 5. The Labute approximate surface area is 451 Å². The Bertz CT molecular complexity index is 2980. The second kappa shape index (κ2) is 32.5. The summed E-state index contributed by atoms with van der Waals surface area (Å²) >= 11 is 5.74. The summed E-state index contributed by atoms with van der Waals surface area (Å²) < 4.78 is 9.94. The lowest BCUT2D eigenvalue weighted by molar-refractivity contribution is 0.100. The Morgan fingerprint density at radius 1 is 0.421 bits per heavy atom. The first kappa shape index (κ1) is 63.5. The molecule has 76 heavy (non-hydrogen) atoms. The van der Waals surface area contributed by atoms with E-state index in [1.807, 2.05) is 93.8 Å². The summed E-state index contributed by atoms with van der Waals surface area (Å²) in [5.74, 6) is 1.28. The molecule has 0 spiro atoms. The highest BCUT2D eigenvalue weighted by Gasteiger charge is 2.11. The number of methoxy groups -OCH3 is 2. The zero-order valence-corrected chi connectivity index (χ0v) is 46.8. The third-order valence-corrected chi connectivity index (χ3v) is 11.2. The van der Waals surface area contributed by atoms with Gasteiger partial charge in [0.05, 0.1) is 25.6 Å². The zero-order valence-electron chi connectivity index (χ0n) is 46.1. The molecule has 17 heteroatoms. The van der Waals surface area contributed by atoms with Crippen LogP contribution in [0.1, 0.15) is 110 Å². The molecule has 0 amide bonds. The van der Waals surface area contributed by atoms with Crippen molar-refractivity contribution >= 4 is 91.2 Å². The number of carbonyl (C=O) groups is 6. The highest BCUT2D eigenvalue weighted by Crippen LogP contribution is 2.25. The van der Waals surface area contributed by atoms with Crippen LogP contribution < -0.4 is 41.4 Å².